The number of hydrogen-bond acceptors (Lipinski definition) is 4. The molecule has 0 saturated carbocycles. The Morgan fingerprint density at radius 1 is 1.10 bits per heavy atom. The summed E-state index contributed by atoms with van der Waals surface area (Å²) in [4.78, 5) is 21.4. The molecule has 2 aromatic rings. The third kappa shape index (κ3) is 2.95. The van der Waals surface area contributed by atoms with E-state index in [0.29, 0.717) is 29.1 Å². The van der Waals surface area contributed by atoms with E-state index in [1.165, 1.54) is 19.2 Å². The zero-order chi connectivity index (χ0) is 14.5. The highest BCUT2D eigenvalue weighted by atomic mass is 16.5. The number of carboxylic acids is 1. The van der Waals surface area contributed by atoms with E-state index in [2.05, 4.69) is 0 Å². The number of aromatic carboxylic acids is 1. The average Bonchev–Trinajstić information content (AvgIpc) is 2.48. The lowest BCUT2D eigenvalue weighted by Gasteiger charge is -2.10. The van der Waals surface area contributed by atoms with Crippen LogP contribution in [-0.2, 0) is 0 Å². The van der Waals surface area contributed by atoms with Crippen molar-refractivity contribution in [1.82, 2.24) is 0 Å². The fourth-order valence-corrected chi connectivity index (χ4v) is 1.63. The molecule has 0 aliphatic rings. The topological polar surface area (TPSA) is 72.8 Å². The lowest BCUT2D eigenvalue weighted by Crippen LogP contribution is -1.96. The fourth-order valence-electron chi connectivity index (χ4n) is 1.63. The molecule has 0 bridgehead atoms. The molecule has 0 unspecified atom stereocenters. The summed E-state index contributed by atoms with van der Waals surface area (Å²) in [5, 5.41) is 8.81. The third-order valence-electron chi connectivity index (χ3n) is 2.65. The summed E-state index contributed by atoms with van der Waals surface area (Å²) in [6.45, 7) is 0. The van der Waals surface area contributed by atoms with Crippen LogP contribution in [0.25, 0.3) is 0 Å². The van der Waals surface area contributed by atoms with Crippen molar-refractivity contribution < 1.29 is 24.2 Å². The SMILES string of the molecule is COc1cc(C=O)ccc1Oc1ccc(C(=O)O)cc1. The maximum atomic E-state index is 10.7. The van der Waals surface area contributed by atoms with Gasteiger partial charge in [-0.2, -0.15) is 0 Å². The lowest BCUT2D eigenvalue weighted by atomic mass is 10.2. The number of carbonyl (C=O) groups excluding carboxylic acids is 1. The first-order chi connectivity index (χ1) is 9.63. The molecule has 2 rings (SSSR count). The van der Waals surface area contributed by atoms with Crippen LogP contribution in [0, 0.1) is 0 Å². The molecule has 0 atom stereocenters. The van der Waals surface area contributed by atoms with Gasteiger partial charge in [-0.1, -0.05) is 0 Å². The molecular formula is C15H12O5. The van der Waals surface area contributed by atoms with E-state index in [1.54, 1.807) is 30.3 Å². The minimum atomic E-state index is -0.996. The molecule has 1 N–H and O–H groups in total. The monoisotopic (exact) mass is 272 g/mol. The van der Waals surface area contributed by atoms with Gasteiger partial charge in [-0.25, -0.2) is 4.79 Å². The van der Waals surface area contributed by atoms with Gasteiger partial charge < -0.3 is 14.6 Å². The molecule has 20 heavy (non-hydrogen) atoms. The Morgan fingerprint density at radius 2 is 1.80 bits per heavy atom. The number of aldehydes is 1. The van der Waals surface area contributed by atoms with E-state index in [1.807, 2.05) is 0 Å². The van der Waals surface area contributed by atoms with Crippen LogP contribution in [0.15, 0.2) is 42.5 Å². The van der Waals surface area contributed by atoms with Gasteiger partial charge in [-0.15, -0.1) is 0 Å². The molecule has 0 fully saturated rings. The minimum absolute atomic E-state index is 0.181. The number of rotatable bonds is 5. The Balaban J connectivity index is 2.25. The van der Waals surface area contributed by atoms with Crippen molar-refractivity contribution >= 4 is 12.3 Å². The van der Waals surface area contributed by atoms with Crippen LogP contribution in [0.2, 0.25) is 0 Å². The number of benzene rings is 2. The van der Waals surface area contributed by atoms with Gasteiger partial charge in [0, 0.05) is 5.56 Å². The summed E-state index contributed by atoms with van der Waals surface area (Å²) in [5.74, 6) is 0.356. The Labute approximate surface area is 115 Å². The molecule has 0 amide bonds. The highest BCUT2D eigenvalue weighted by molar-refractivity contribution is 5.87. The quantitative estimate of drug-likeness (QED) is 0.847. The molecule has 0 aliphatic carbocycles. The van der Waals surface area contributed by atoms with E-state index in [-0.39, 0.29) is 5.56 Å². The molecule has 2 aromatic carbocycles. The fraction of sp³-hybridized carbons (Fsp3) is 0.0667. The molecule has 0 spiro atoms. The van der Waals surface area contributed by atoms with Gasteiger partial charge >= 0.3 is 5.97 Å². The number of carboxylic acid groups (broad SMARTS) is 1. The van der Waals surface area contributed by atoms with Crippen LogP contribution >= 0.6 is 0 Å². The van der Waals surface area contributed by atoms with Gasteiger partial charge in [-0.05, 0) is 42.5 Å². The minimum Gasteiger partial charge on any atom is -0.493 e. The maximum Gasteiger partial charge on any atom is 0.335 e. The average molecular weight is 272 g/mol. The van der Waals surface area contributed by atoms with E-state index in [9.17, 15) is 9.59 Å². The second-order valence-corrected chi connectivity index (χ2v) is 3.96. The van der Waals surface area contributed by atoms with Gasteiger partial charge in [0.05, 0.1) is 12.7 Å². The number of carbonyl (C=O) groups is 2. The van der Waals surface area contributed by atoms with Gasteiger partial charge in [-0.3, -0.25) is 4.79 Å². The summed E-state index contributed by atoms with van der Waals surface area (Å²) in [6, 6.07) is 10.8. The largest absolute Gasteiger partial charge is 0.493 e. The Bertz CT molecular complexity index is 631. The summed E-state index contributed by atoms with van der Waals surface area (Å²) >= 11 is 0. The van der Waals surface area contributed by atoms with Crippen LogP contribution in [0.3, 0.4) is 0 Å². The molecule has 0 saturated heterocycles. The first kappa shape index (κ1) is 13.6. The molecule has 0 aliphatic heterocycles. The standard InChI is InChI=1S/C15H12O5/c1-19-14-8-10(9-16)2-7-13(14)20-12-5-3-11(4-6-12)15(17)18/h2-9H,1H3,(H,17,18). The Hall–Kier alpha value is -2.82. The third-order valence-corrected chi connectivity index (χ3v) is 2.65. The summed E-state index contributed by atoms with van der Waals surface area (Å²) in [6.07, 6.45) is 0.716. The predicted octanol–water partition coefficient (Wildman–Crippen LogP) is 3.00. The van der Waals surface area contributed by atoms with Gasteiger partial charge in [0.25, 0.3) is 0 Å². The highest BCUT2D eigenvalue weighted by Gasteiger charge is 2.08. The van der Waals surface area contributed by atoms with E-state index in [4.69, 9.17) is 14.6 Å². The smallest absolute Gasteiger partial charge is 0.335 e. The number of hydrogen-bond donors (Lipinski definition) is 1. The molecule has 0 aromatic heterocycles. The first-order valence-electron chi connectivity index (χ1n) is 5.78. The molecular weight excluding hydrogens is 260 g/mol. The van der Waals surface area contributed by atoms with Crippen molar-refractivity contribution in [2.24, 2.45) is 0 Å². The van der Waals surface area contributed by atoms with E-state index in [0.717, 1.165) is 0 Å². The summed E-state index contributed by atoms with van der Waals surface area (Å²) in [7, 11) is 1.48. The van der Waals surface area contributed by atoms with Crippen LogP contribution in [0.5, 0.6) is 17.2 Å². The van der Waals surface area contributed by atoms with E-state index < -0.39 is 5.97 Å². The summed E-state index contributed by atoms with van der Waals surface area (Å²) < 4.78 is 10.7. The second kappa shape index (κ2) is 5.88. The number of ether oxygens (including phenoxy) is 2. The maximum absolute atomic E-state index is 10.7. The van der Waals surface area contributed by atoms with Crippen LogP contribution in [-0.4, -0.2) is 24.5 Å². The molecule has 5 nitrogen and oxygen atoms in total. The van der Waals surface area contributed by atoms with Crippen molar-refractivity contribution in [2.75, 3.05) is 7.11 Å². The van der Waals surface area contributed by atoms with Crippen molar-refractivity contribution in [3.63, 3.8) is 0 Å². The Kier molecular flexibility index (Phi) is 4.00. The molecule has 0 radical (unpaired) electrons. The van der Waals surface area contributed by atoms with Crippen molar-refractivity contribution in [2.45, 2.75) is 0 Å². The van der Waals surface area contributed by atoms with Gasteiger partial charge in [0.2, 0.25) is 0 Å². The van der Waals surface area contributed by atoms with Crippen molar-refractivity contribution in [3.8, 4) is 17.2 Å². The molecule has 102 valence electrons. The lowest BCUT2D eigenvalue weighted by molar-refractivity contribution is 0.0696. The molecule has 5 heteroatoms. The zero-order valence-corrected chi connectivity index (χ0v) is 10.7. The van der Waals surface area contributed by atoms with Crippen molar-refractivity contribution in [3.05, 3.63) is 53.6 Å². The molecule has 0 heterocycles. The summed E-state index contributed by atoms with van der Waals surface area (Å²) in [5.41, 5.74) is 0.663. The zero-order valence-electron chi connectivity index (χ0n) is 10.7. The van der Waals surface area contributed by atoms with Crippen LogP contribution < -0.4 is 9.47 Å². The van der Waals surface area contributed by atoms with E-state index >= 15 is 0 Å². The van der Waals surface area contributed by atoms with Gasteiger partial charge in [0.1, 0.15) is 12.0 Å². The highest BCUT2D eigenvalue weighted by Crippen LogP contribution is 2.32. The predicted molar refractivity (Wildman–Crippen MR) is 71.9 cm³/mol. The first-order valence-corrected chi connectivity index (χ1v) is 5.78. The van der Waals surface area contributed by atoms with Crippen LogP contribution in [0.4, 0.5) is 0 Å². The second-order valence-electron chi connectivity index (χ2n) is 3.96. The Morgan fingerprint density at radius 3 is 2.35 bits per heavy atom. The van der Waals surface area contributed by atoms with Gasteiger partial charge in [0.15, 0.2) is 11.5 Å². The number of methoxy groups -OCH3 is 1. The normalized spacial score (nSPS) is 9.85. The van der Waals surface area contributed by atoms with Crippen molar-refractivity contribution in [1.29, 1.82) is 0 Å². The van der Waals surface area contributed by atoms with Crippen LogP contribution in [0.1, 0.15) is 20.7 Å².